The molecule has 8 heavy (non-hydrogen) atoms. The van der Waals surface area contributed by atoms with E-state index in [9.17, 15) is 0 Å². The van der Waals surface area contributed by atoms with Gasteiger partial charge in [-0.15, -0.1) is 0 Å². The lowest BCUT2D eigenvalue weighted by molar-refractivity contribution is -0.875. The van der Waals surface area contributed by atoms with Gasteiger partial charge in [0.25, 0.3) is 0 Å². The molecule has 0 bridgehead atoms. The zero-order chi connectivity index (χ0) is 5.98. The van der Waals surface area contributed by atoms with Crippen molar-refractivity contribution in [1.82, 2.24) is 0 Å². The fraction of sp³-hybridized carbons (Fsp3) is 0.714. The van der Waals surface area contributed by atoms with Crippen LogP contribution < -0.4 is 4.90 Å². The normalized spacial score (nSPS) is 29.8. The molecule has 1 atom stereocenters. The largest absolute Gasteiger partial charge is 0.334 e. The topological polar surface area (TPSA) is 4.44 Å². The van der Waals surface area contributed by atoms with Crippen LogP contribution in [0.3, 0.4) is 0 Å². The number of hydrogen-bond acceptors (Lipinski definition) is 0. The lowest BCUT2D eigenvalue weighted by atomic mass is 10.2. The third-order valence-electron chi connectivity index (χ3n) is 1.64. The Morgan fingerprint density at radius 3 is 2.75 bits per heavy atom. The summed E-state index contributed by atoms with van der Waals surface area (Å²) in [5.74, 6) is 0. The quantitative estimate of drug-likeness (QED) is 0.416. The number of hydrogen-bond donors (Lipinski definition) is 1. The predicted octanol–water partition coefficient (Wildman–Crippen LogP) is -0.149. The van der Waals surface area contributed by atoms with E-state index in [1.165, 1.54) is 19.5 Å². The molecule has 0 aromatic heterocycles. The summed E-state index contributed by atoms with van der Waals surface area (Å²) in [6.45, 7) is 4.78. The van der Waals surface area contributed by atoms with Gasteiger partial charge >= 0.3 is 0 Å². The summed E-state index contributed by atoms with van der Waals surface area (Å²) in [5.41, 5.74) is 1.55. The number of rotatable bonds is 0. The summed E-state index contributed by atoms with van der Waals surface area (Å²) in [5, 5.41) is 0. The van der Waals surface area contributed by atoms with E-state index in [0.29, 0.717) is 0 Å². The fourth-order valence-electron chi connectivity index (χ4n) is 1.20. The number of quaternary nitrogens is 1. The molecule has 1 heteroatoms. The maximum absolute atomic E-state index is 2.34. The lowest BCUT2D eigenvalue weighted by Crippen LogP contribution is -3.09. The molecular weight excluding hydrogens is 98.1 g/mol. The van der Waals surface area contributed by atoms with Crippen molar-refractivity contribution in [2.75, 3.05) is 20.1 Å². The van der Waals surface area contributed by atoms with E-state index in [2.05, 4.69) is 20.0 Å². The zero-order valence-corrected chi connectivity index (χ0v) is 5.70. The molecule has 0 aliphatic carbocycles. The Kier molecular flexibility index (Phi) is 1.69. The van der Waals surface area contributed by atoms with Crippen LogP contribution in [0.2, 0.25) is 0 Å². The van der Waals surface area contributed by atoms with Crippen molar-refractivity contribution in [2.24, 2.45) is 0 Å². The van der Waals surface area contributed by atoms with Crippen molar-refractivity contribution < 1.29 is 4.90 Å². The average Bonchev–Trinajstić information content (AvgIpc) is 1.64. The van der Waals surface area contributed by atoms with Crippen molar-refractivity contribution in [3.8, 4) is 0 Å². The molecule has 0 radical (unpaired) electrons. The SMILES string of the molecule is CC1=CCC[NH+](C)C1. The Hall–Kier alpha value is -0.300. The van der Waals surface area contributed by atoms with Crippen LogP contribution in [-0.4, -0.2) is 20.1 Å². The summed E-state index contributed by atoms with van der Waals surface area (Å²) in [4.78, 5) is 1.64. The van der Waals surface area contributed by atoms with Crippen molar-refractivity contribution in [3.63, 3.8) is 0 Å². The van der Waals surface area contributed by atoms with Crippen molar-refractivity contribution in [3.05, 3.63) is 11.6 Å². The summed E-state index contributed by atoms with van der Waals surface area (Å²) < 4.78 is 0. The average molecular weight is 112 g/mol. The van der Waals surface area contributed by atoms with Crippen LogP contribution in [0.1, 0.15) is 13.3 Å². The maximum Gasteiger partial charge on any atom is 0.0983 e. The van der Waals surface area contributed by atoms with Gasteiger partial charge in [0.15, 0.2) is 0 Å². The van der Waals surface area contributed by atoms with E-state index in [-0.39, 0.29) is 0 Å². The molecule has 0 aromatic carbocycles. The van der Waals surface area contributed by atoms with Gasteiger partial charge in [0.1, 0.15) is 0 Å². The minimum absolute atomic E-state index is 1.25. The molecule has 0 saturated heterocycles. The summed E-state index contributed by atoms with van der Waals surface area (Å²) in [7, 11) is 2.25. The lowest BCUT2D eigenvalue weighted by Gasteiger charge is -2.17. The standard InChI is InChI=1S/C7H13N/c1-7-4-3-5-8(2)6-7/h4H,3,5-6H2,1-2H3/p+1. The molecule has 1 rings (SSSR count). The fourth-order valence-corrected chi connectivity index (χ4v) is 1.20. The molecule has 1 N–H and O–H groups in total. The van der Waals surface area contributed by atoms with Crippen LogP contribution in [0.15, 0.2) is 11.6 Å². The van der Waals surface area contributed by atoms with Crippen LogP contribution in [0, 0.1) is 0 Å². The zero-order valence-electron chi connectivity index (χ0n) is 5.70. The van der Waals surface area contributed by atoms with E-state index in [1.807, 2.05) is 0 Å². The van der Waals surface area contributed by atoms with Gasteiger partial charge in [-0.25, -0.2) is 0 Å². The molecule has 1 heterocycles. The van der Waals surface area contributed by atoms with E-state index < -0.39 is 0 Å². The highest BCUT2D eigenvalue weighted by molar-refractivity contribution is 4.99. The second kappa shape index (κ2) is 2.31. The summed E-state index contributed by atoms with van der Waals surface area (Å²) in [6.07, 6.45) is 3.62. The van der Waals surface area contributed by atoms with E-state index in [4.69, 9.17) is 0 Å². The Labute approximate surface area is 51.0 Å². The van der Waals surface area contributed by atoms with E-state index in [0.717, 1.165) is 0 Å². The van der Waals surface area contributed by atoms with Gasteiger partial charge in [0.2, 0.25) is 0 Å². The number of likely N-dealkylation sites (N-methyl/N-ethyl adjacent to an activating group) is 1. The Bertz CT molecular complexity index is 105. The third-order valence-corrected chi connectivity index (χ3v) is 1.64. The molecule has 0 saturated carbocycles. The first-order valence-corrected chi connectivity index (χ1v) is 3.26. The van der Waals surface area contributed by atoms with Crippen molar-refractivity contribution in [1.29, 1.82) is 0 Å². The van der Waals surface area contributed by atoms with Gasteiger partial charge in [0.05, 0.1) is 20.1 Å². The highest BCUT2D eigenvalue weighted by Gasteiger charge is 2.05. The van der Waals surface area contributed by atoms with Crippen LogP contribution in [0.4, 0.5) is 0 Å². The Balaban J connectivity index is 2.45. The molecule has 1 unspecified atom stereocenters. The van der Waals surface area contributed by atoms with Crippen LogP contribution in [0.25, 0.3) is 0 Å². The first-order valence-electron chi connectivity index (χ1n) is 3.26. The highest BCUT2D eigenvalue weighted by atomic mass is 15.1. The van der Waals surface area contributed by atoms with Gasteiger partial charge in [0, 0.05) is 6.42 Å². The van der Waals surface area contributed by atoms with Gasteiger partial charge in [-0.05, 0) is 12.5 Å². The second-order valence-electron chi connectivity index (χ2n) is 2.72. The van der Waals surface area contributed by atoms with Gasteiger partial charge in [-0.1, -0.05) is 6.08 Å². The van der Waals surface area contributed by atoms with E-state index >= 15 is 0 Å². The molecule has 0 fully saturated rings. The van der Waals surface area contributed by atoms with Gasteiger partial charge < -0.3 is 4.90 Å². The smallest absolute Gasteiger partial charge is 0.0983 e. The van der Waals surface area contributed by atoms with Crippen LogP contribution in [-0.2, 0) is 0 Å². The minimum Gasteiger partial charge on any atom is -0.334 e. The first kappa shape index (κ1) is 5.83. The molecule has 0 amide bonds. The molecule has 0 aromatic rings. The van der Waals surface area contributed by atoms with Gasteiger partial charge in [-0.3, -0.25) is 0 Å². The summed E-state index contributed by atoms with van der Waals surface area (Å²) >= 11 is 0. The van der Waals surface area contributed by atoms with Crippen molar-refractivity contribution in [2.45, 2.75) is 13.3 Å². The van der Waals surface area contributed by atoms with Crippen LogP contribution >= 0.6 is 0 Å². The molecular formula is C7H14N+. The maximum atomic E-state index is 2.34. The minimum atomic E-state index is 1.25. The molecule has 1 aliphatic rings. The number of nitrogens with one attached hydrogen (secondary N) is 1. The molecule has 46 valence electrons. The van der Waals surface area contributed by atoms with Crippen molar-refractivity contribution >= 4 is 0 Å². The van der Waals surface area contributed by atoms with Gasteiger partial charge in [-0.2, -0.15) is 0 Å². The third kappa shape index (κ3) is 1.34. The monoisotopic (exact) mass is 112 g/mol. The van der Waals surface area contributed by atoms with Crippen LogP contribution in [0.5, 0.6) is 0 Å². The summed E-state index contributed by atoms with van der Waals surface area (Å²) in [6, 6.07) is 0. The van der Waals surface area contributed by atoms with E-state index in [1.54, 1.807) is 10.5 Å². The molecule has 1 nitrogen and oxygen atoms in total. The molecule has 0 spiro atoms. The molecule has 1 aliphatic heterocycles. The second-order valence-corrected chi connectivity index (χ2v) is 2.72. The first-order chi connectivity index (χ1) is 3.79. The Morgan fingerprint density at radius 1 is 1.62 bits per heavy atom. The highest BCUT2D eigenvalue weighted by Crippen LogP contribution is 1.93. The Morgan fingerprint density at radius 2 is 2.38 bits per heavy atom. The predicted molar refractivity (Wildman–Crippen MR) is 35.0 cm³/mol.